The van der Waals surface area contributed by atoms with E-state index in [1.165, 1.54) is 7.11 Å². The van der Waals surface area contributed by atoms with E-state index in [1.807, 2.05) is 13.0 Å². The summed E-state index contributed by atoms with van der Waals surface area (Å²) in [5, 5.41) is 4.95. The molecule has 0 saturated heterocycles. The average Bonchev–Trinajstić information content (AvgIpc) is 2.74. The maximum absolute atomic E-state index is 13.6. The van der Waals surface area contributed by atoms with E-state index in [2.05, 4.69) is 10.6 Å². The zero-order valence-electron chi connectivity index (χ0n) is 16.7. The molecule has 0 heterocycles. The second-order valence-corrected chi connectivity index (χ2v) is 6.25. The van der Waals surface area contributed by atoms with Gasteiger partial charge in [-0.25, -0.2) is 13.2 Å². The lowest BCUT2D eigenvalue weighted by molar-refractivity contribution is -0.121. The molecule has 0 unspecified atom stereocenters. The van der Waals surface area contributed by atoms with Crippen LogP contribution in [0.25, 0.3) is 0 Å². The summed E-state index contributed by atoms with van der Waals surface area (Å²) in [4.78, 5) is 23.8. The molecule has 0 aliphatic carbocycles. The number of methoxy groups -OCH3 is 1. The molecular formula is C21H23F3N2O4. The summed E-state index contributed by atoms with van der Waals surface area (Å²) in [6.07, 6.45) is 0.684. The van der Waals surface area contributed by atoms with E-state index >= 15 is 0 Å². The molecule has 0 aliphatic rings. The third kappa shape index (κ3) is 6.13. The number of hydrogen-bond acceptors (Lipinski definition) is 4. The molecule has 6 nitrogen and oxygen atoms in total. The first kappa shape index (κ1) is 23.1. The van der Waals surface area contributed by atoms with Crippen molar-refractivity contribution in [3.8, 4) is 11.5 Å². The zero-order valence-corrected chi connectivity index (χ0v) is 16.7. The molecule has 0 aromatic heterocycles. The third-order valence-electron chi connectivity index (χ3n) is 4.18. The van der Waals surface area contributed by atoms with E-state index in [0.717, 1.165) is 11.6 Å². The van der Waals surface area contributed by atoms with Crippen LogP contribution in [0.1, 0.15) is 29.3 Å². The molecule has 0 atom stereocenters. The van der Waals surface area contributed by atoms with Crippen LogP contribution < -0.4 is 20.1 Å². The minimum absolute atomic E-state index is 0.000114. The van der Waals surface area contributed by atoms with Gasteiger partial charge in [-0.3, -0.25) is 9.59 Å². The topological polar surface area (TPSA) is 76.7 Å². The van der Waals surface area contributed by atoms with Crippen LogP contribution in [-0.2, 0) is 11.2 Å². The highest BCUT2D eigenvalue weighted by molar-refractivity contribution is 5.94. The van der Waals surface area contributed by atoms with Gasteiger partial charge in [0.1, 0.15) is 0 Å². The van der Waals surface area contributed by atoms with Gasteiger partial charge in [-0.2, -0.15) is 0 Å². The van der Waals surface area contributed by atoms with Crippen molar-refractivity contribution in [1.82, 2.24) is 10.6 Å². The zero-order chi connectivity index (χ0) is 22.1. The number of halogens is 3. The first-order valence-corrected chi connectivity index (χ1v) is 9.35. The SMILES string of the molecule is CCOc1ccc(CCC(=O)NCCNC(=O)c2ccc(F)c(F)c2F)cc1OC. The van der Waals surface area contributed by atoms with E-state index in [9.17, 15) is 22.8 Å². The maximum Gasteiger partial charge on any atom is 0.254 e. The molecule has 2 N–H and O–H groups in total. The highest BCUT2D eigenvalue weighted by Crippen LogP contribution is 2.28. The Morgan fingerprint density at radius 2 is 1.70 bits per heavy atom. The minimum Gasteiger partial charge on any atom is -0.493 e. The summed E-state index contributed by atoms with van der Waals surface area (Å²) in [6, 6.07) is 6.95. The third-order valence-corrected chi connectivity index (χ3v) is 4.18. The van der Waals surface area contributed by atoms with Crippen LogP contribution >= 0.6 is 0 Å². The van der Waals surface area contributed by atoms with Crippen LogP contribution in [-0.4, -0.2) is 38.6 Å². The van der Waals surface area contributed by atoms with Crippen LogP contribution in [0.4, 0.5) is 13.2 Å². The molecule has 30 heavy (non-hydrogen) atoms. The second kappa shape index (κ2) is 11.1. The lowest BCUT2D eigenvalue weighted by atomic mass is 10.1. The predicted octanol–water partition coefficient (Wildman–Crippen LogP) is 2.99. The van der Waals surface area contributed by atoms with E-state index in [1.54, 1.807) is 12.1 Å². The molecule has 9 heteroatoms. The highest BCUT2D eigenvalue weighted by atomic mass is 19.2. The molecule has 2 aromatic carbocycles. The smallest absolute Gasteiger partial charge is 0.254 e. The number of nitrogens with one attached hydrogen (secondary N) is 2. The van der Waals surface area contributed by atoms with E-state index in [-0.39, 0.29) is 25.4 Å². The van der Waals surface area contributed by atoms with Gasteiger partial charge >= 0.3 is 0 Å². The summed E-state index contributed by atoms with van der Waals surface area (Å²) in [5.74, 6) is -4.56. The Balaban J connectivity index is 1.75. The van der Waals surface area contributed by atoms with Gasteiger partial charge in [-0.1, -0.05) is 6.07 Å². The van der Waals surface area contributed by atoms with Crippen molar-refractivity contribution >= 4 is 11.8 Å². The van der Waals surface area contributed by atoms with Gasteiger partial charge in [-0.05, 0) is 43.2 Å². The Kier molecular flexibility index (Phi) is 8.52. The summed E-state index contributed by atoms with van der Waals surface area (Å²) in [5.41, 5.74) is 0.289. The van der Waals surface area contributed by atoms with Crippen molar-refractivity contribution < 1.29 is 32.2 Å². The van der Waals surface area contributed by atoms with Crippen LogP contribution in [0.3, 0.4) is 0 Å². The minimum atomic E-state index is -1.71. The monoisotopic (exact) mass is 424 g/mol. The largest absolute Gasteiger partial charge is 0.493 e. The number of carbonyl (C=O) groups is 2. The highest BCUT2D eigenvalue weighted by Gasteiger charge is 2.18. The summed E-state index contributed by atoms with van der Waals surface area (Å²) < 4.78 is 50.4. The van der Waals surface area contributed by atoms with E-state index in [4.69, 9.17) is 9.47 Å². The van der Waals surface area contributed by atoms with Crippen molar-refractivity contribution in [3.05, 3.63) is 58.9 Å². The maximum atomic E-state index is 13.6. The van der Waals surface area contributed by atoms with E-state index in [0.29, 0.717) is 30.6 Å². The fourth-order valence-electron chi connectivity index (χ4n) is 2.66. The van der Waals surface area contributed by atoms with Gasteiger partial charge in [0.25, 0.3) is 5.91 Å². The number of amides is 2. The van der Waals surface area contributed by atoms with Gasteiger partial charge in [-0.15, -0.1) is 0 Å². The van der Waals surface area contributed by atoms with Crippen molar-refractivity contribution in [2.24, 2.45) is 0 Å². The number of hydrogen-bond donors (Lipinski definition) is 2. The Morgan fingerprint density at radius 1 is 0.967 bits per heavy atom. The first-order chi connectivity index (χ1) is 14.4. The molecule has 162 valence electrons. The summed E-state index contributed by atoms with van der Waals surface area (Å²) in [6.45, 7) is 2.48. The summed E-state index contributed by atoms with van der Waals surface area (Å²) in [7, 11) is 1.54. The van der Waals surface area contributed by atoms with Crippen LogP contribution in [0.5, 0.6) is 11.5 Å². The Hall–Kier alpha value is -3.23. The molecule has 0 radical (unpaired) electrons. The first-order valence-electron chi connectivity index (χ1n) is 9.35. The molecule has 0 bridgehead atoms. The number of ether oxygens (including phenoxy) is 2. The molecular weight excluding hydrogens is 401 g/mol. The average molecular weight is 424 g/mol. The molecule has 2 rings (SSSR count). The number of rotatable bonds is 10. The lowest BCUT2D eigenvalue weighted by Gasteiger charge is -2.11. The molecule has 0 spiro atoms. The lowest BCUT2D eigenvalue weighted by Crippen LogP contribution is -2.35. The van der Waals surface area contributed by atoms with Crippen LogP contribution in [0.15, 0.2) is 30.3 Å². The normalized spacial score (nSPS) is 10.4. The standard InChI is InChI=1S/C21H23F3N2O4/c1-3-30-16-8-4-13(12-17(16)29-2)5-9-18(27)25-10-11-26-21(28)14-6-7-15(22)20(24)19(14)23/h4,6-8,12H,3,5,9-11H2,1-2H3,(H,25,27)(H,26,28). The second-order valence-electron chi connectivity index (χ2n) is 6.25. The Bertz CT molecular complexity index is 906. The number of aryl methyl sites for hydroxylation is 1. The van der Waals surface area contributed by atoms with E-state index < -0.39 is 28.9 Å². The van der Waals surface area contributed by atoms with Gasteiger partial charge in [0.05, 0.1) is 19.3 Å². The van der Waals surface area contributed by atoms with Crippen molar-refractivity contribution in [3.63, 3.8) is 0 Å². The van der Waals surface area contributed by atoms with Gasteiger partial charge in [0.15, 0.2) is 29.0 Å². The van der Waals surface area contributed by atoms with Gasteiger partial charge in [0, 0.05) is 19.5 Å². The van der Waals surface area contributed by atoms with Crippen LogP contribution in [0, 0.1) is 17.5 Å². The van der Waals surface area contributed by atoms with Crippen LogP contribution in [0.2, 0.25) is 0 Å². The van der Waals surface area contributed by atoms with Gasteiger partial charge < -0.3 is 20.1 Å². The number of benzene rings is 2. The van der Waals surface area contributed by atoms with Crippen molar-refractivity contribution in [1.29, 1.82) is 0 Å². The van der Waals surface area contributed by atoms with Gasteiger partial charge in [0.2, 0.25) is 5.91 Å². The molecule has 2 aromatic rings. The Labute approximate surface area is 172 Å². The van der Waals surface area contributed by atoms with Crippen molar-refractivity contribution in [2.75, 3.05) is 26.8 Å². The number of carbonyl (C=O) groups excluding carboxylic acids is 2. The molecule has 0 fully saturated rings. The quantitative estimate of drug-likeness (QED) is 0.454. The predicted molar refractivity (Wildman–Crippen MR) is 104 cm³/mol. The summed E-state index contributed by atoms with van der Waals surface area (Å²) >= 11 is 0. The fourth-order valence-corrected chi connectivity index (χ4v) is 2.66. The molecule has 0 saturated carbocycles. The fraction of sp³-hybridized carbons (Fsp3) is 0.333. The Morgan fingerprint density at radius 3 is 2.40 bits per heavy atom. The molecule has 0 aliphatic heterocycles. The van der Waals surface area contributed by atoms with Crippen molar-refractivity contribution in [2.45, 2.75) is 19.8 Å². The molecule has 2 amide bonds.